The van der Waals surface area contributed by atoms with Crippen LogP contribution in [0.15, 0.2) is 24.3 Å². The Labute approximate surface area is 78.9 Å². The van der Waals surface area contributed by atoms with Crippen LogP contribution in [0.4, 0.5) is 0 Å². The fourth-order valence-electron chi connectivity index (χ4n) is 1.25. The molecule has 1 aromatic heterocycles. The van der Waals surface area contributed by atoms with E-state index in [-0.39, 0.29) is 0 Å². The predicted molar refractivity (Wildman–Crippen MR) is 53.5 cm³/mol. The van der Waals surface area contributed by atoms with Crippen LogP contribution < -0.4 is 0 Å². The molecular formula is C11H15NO. The van der Waals surface area contributed by atoms with E-state index in [1.54, 1.807) is 0 Å². The minimum atomic E-state index is -0.590. The summed E-state index contributed by atoms with van der Waals surface area (Å²) in [5.74, 6) is 0. The van der Waals surface area contributed by atoms with Crippen molar-refractivity contribution in [2.75, 3.05) is 0 Å². The molecule has 0 saturated carbocycles. The van der Waals surface area contributed by atoms with Gasteiger partial charge in [-0.2, -0.15) is 0 Å². The summed E-state index contributed by atoms with van der Waals surface area (Å²) in [5.41, 5.74) is 3.43. The molecule has 13 heavy (non-hydrogen) atoms. The zero-order chi connectivity index (χ0) is 10.0. The standard InChI is InChI=1S/C11H15NO/c1-7(2)11(13)10-6-5-8(3)12-9(10)4/h5-6,11,13H,1H2,2-4H3. The van der Waals surface area contributed by atoms with Crippen LogP contribution in [0.25, 0.3) is 0 Å². The second-order valence-electron chi connectivity index (χ2n) is 3.38. The van der Waals surface area contributed by atoms with Crippen molar-refractivity contribution in [1.82, 2.24) is 4.98 Å². The lowest BCUT2D eigenvalue weighted by molar-refractivity contribution is 0.215. The van der Waals surface area contributed by atoms with Crippen LogP contribution in [0, 0.1) is 13.8 Å². The molecule has 1 atom stereocenters. The van der Waals surface area contributed by atoms with Crippen LogP contribution in [0.1, 0.15) is 30.0 Å². The predicted octanol–water partition coefficient (Wildman–Crippen LogP) is 2.31. The van der Waals surface area contributed by atoms with Gasteiger partial charge in [0, 0.05) is 17.0 Å². The number of aliphatic hydroxyl groups is 1. The van der Waals surface area contributed by atoms with Crippen LogP contribution in [0.2, 0.25) is 0 Å². The molecule has 2 heteroatoms. The molecule has 1 aromatic rings. The fraction of sp³-hybridized carbons (Fsp3) is 0.364. The summed E-state index contributed by atoms with van der Waals surface area (Å²) in [6, 6.07) is 3.80. The fourth-order valence-corrected chi connectivity index (χ4v) is 1.25. The first kappa shape index (κ1) is 9.93. The van der Waals surface area contributed by atoms with Gasteiger partial charge in [0.05, 0.1) is 0 Å². The number of aliphatic hydroxyl groups excluding tert-OH is 1. The van der Waals surface area contributed by atoms with E-state index in [1.807, 2.05) is 32.9 Å². The largest absolute Gasteiger partial charge is 0.384 e. The summed E-state index contributed by atoms with van der Waals surface area (Å²) in [5, 5.41) is 9.73. The molecule has 1 heterocycles. The molecule has 0 amide bonds. The molecule has 1 unspecified atom stereocenters. The first-order valence-corrected chi connectivity index (χ1v) is 4.30. The van der Waals surface area contributed by atoms with Crippen molar-refractivity contribution in [3.63, 3.8) is 0 Å². The molecule has 1 rings (SSSR count). The maximum atomic E-state index is 9.73. The maximum Gasteiger partial charge on any atom is 0.101 e. The van der Waals surface area contributed by atoms with Gasteiger partial charge in [0.2, 0.25) is 0 Å². The van der Waals surface area contributed by atoms with Gasteiger partial charge in [-0.05, 0) is 32.4 Å². The number of aryl methyl sites for hydroxylation is 2. The summed E-state index contributed by atoms with van der Waals surface area (Å²) in [4.78, 5) is 4.28. The molecule has 0 bridgehead atoms. The van der Waals surface area contributed by atoms with E-state index in [2.05, 4.69) is 11.6 Å². The van der Waals surface area contributed by atoms with E-state index in [0.717, 1.165) is 22.5 Å². The van der Waals surface area contributed by atoms with Crippen molar-refractivity contribution in [3.05, 3.63) is 41.2 Å². The average Bonchev–Trinajstić information content (AvgIpc) is 2.03. The Morgan fingerprint density at radius 3 is 2.54 bits per heavy atom. The molecule has 0 radical (unpaired) electrons. The smallest absolute Gasteiger partial charge is 0.101 e. The number of pyridine rings is 1. The summed E-state index contributed by atoms with van der Waals surface area (Å²) >= 11 is 0. The molecule has 0 aliphatic heterocycles. The molecule has 0 aliphatic carbocycles. The van der Waals surface area contributed by atoms with Gasteiger partial charge in [-0.15, -0.1) is 0 Å². The lowest BCUT2D eigenvalue weighted by Crippen LogP contribution is -2.02. The van der Waals surface area contributed by atoms with Crippen molar-refractivity contribution >= 4 is 0 Å². The third-order valence-corrected chi connectivity index (χ3v) is 2.03. The van der Waals surface area contributed by atoms with E-state index >= 15 is 0 Å². The molecular weight excluding hydrogens is 162 g/mol. The zero-order valence-corrected chi connectivity index (χ0v) is 8.33. The van der Waals surface area contributed by atoms with Gasteiger partial charge in [-0.25, -0.2) is 0 Å². The lowest BCUT2D eigenvalue weighted by atomic mass is 10.0. The first-order chi connectivity index (χ1) is 6.02. The van der Waals surface area contributed by atoms with Crippen molar-refractivity contribution in [1.29, 1.82) is 0 Å². The molecule has 70 valence electrons. The van der Waals surface area contributed by atoms with E-state index in [4.69, 9.17) is 0 Å². The Balaban J connectivity index is 3.08. The second-order valence-corrected chi connectivity index (χ2v) is 3.38. The third kappa shape index (κ3) is 2.16. The zero-order valence-electron chi connectivity index (χ0n) is 8.33. The molecule has 0 fully saturated rings. The van der Waals surface area contributed by atoms with Gasteiger partial charge in [0.25, 0.3) is 0 Å². The molecule has 2 nitrogen and oxygen atoms in total. The van der Waals surface area contributed by atoms with Gasteiger partial charge in [-0.1, -0.05) is 12.6 Å². The van der Waals surface area contributed by atoms with Crippen LogP contribution >= 0.6 is 0 Å². The SMILES string of the molecule is C=C(C)C(O)c1ccc(C)nc1C. The van der Waals surface area contributed by atoms with Crippen LogP contribution in [0.5, 0.6) is 0 Å². The summed E-state index contributed by atoms with van der Waals surface area (Å²) in [6.45, 7) is 9.36. The topological polar surface area (TPSA) is 33.1 Å². The molecule has 0 spiro atoms. The van der Waals surface area contributed by atoms with E-state index in [0.29, 0.717) is 0 Å². The van der Waals surface area contributed by atoms with E-state index in [1.165, 1.54) is 0 Å². The number of hydrogen-bond donors (Lipinski definition) is 1. The molecule has 0 saturated heterocycles. The highest BCUT2D eigenvalue weighted by atomic mass is 16.3. The number of aromatic nitrogens is 1. The Hall–Kier alpha value is -1.15. The van der Waals surface area contributed by atoms with Gasteiger partial charge >= 0.3 is 0 Å². The average molecular weight is 177 g/mol. The Morgan fingerprint density at radius 2 is 2.08 bits per heavy atom. The van der Waals surface area contributed by atoms with Crippen molar-refractivity contribution in [2.24, 2.45) is 0 Å². The highest BCUT2D eigenvalue weighted by Gasteiger charge is 2.11. The highest BCUT2D eigenvalue weighted by molar-refractivity contribution is 5.28. The Kier molecular flexibility index (Phi) is 2.83. The molecule has 0 aromatic carbocycles. The monoisotopic (exact) mass is 177 g/mol. The highest BCUT2D eigenvalue weighted by Crippen LogP contribution is 2.21. The van der Waals surface area contributed by atoms with Crippen LogP contribution in [0.3, 0.4) is 0 Å². The third-order valence-electron chi connectivity index (χ3n) is 2.03. The molecule has 1 N–H and O–H groups in total. The van der Waals surface area contributed by atoms with Crippen molar-refractivity contribution < 1.29 is 5.11 Å². The summed E-state index contributed by atoms with van der Waals surface area (Å²) in [7, 11) is 0. The molecule has 0 aliphatic rings. The summed E-state index contributed by atoms with van der Waals surface area (Å²) < 4.78 is 0. The van der Waals surface area contributed by atoms with Crippen molar-refractivity contribution in [3.8, 4) is 0 Å². The lowest BCUT2D eigenvalue weighted by Gasteiger charge is -2.12. The second kappa shape index (κ2) is 3.71. The minimum Gasteiger partial charge on any atom is -0.384 e. The van der Waals surface area contributed by atoms with Gasteiger partial charge < -0.3 is 5.11 Å². The maximum absolute atomic E-state index is 9.73. The van der Waals surface area contributed by atoms with Gasteiger partial charge in [0.15, 0.2) is 0 Å². The number of nitrogens with zero attached hydrogens (tertiary/aromatic N) is 1. The number of rotatable bonds is 2. The number of hydrogen-bond acceptors (Lipinski definition) is 2. The van der Waals surface area contributed by atoms with Crippen LogP contribution in [-0.2, 0) is 0 Å². The summed E-state index contributed by atoms with van der Waals surface area (Å²) in [6.07, 6.45) is -0.590. The van der Waals surface area contributed by atoms with Gasteiger partial charge in [-0.3, -0.25) is 4.98 Å². The Morgan fingerprint density at radius 1 is 1.46 bits per heavy atom. The minimum absolute atomic E-state index is 0.590. The van der Waals surface area contributed by atoms with Crippen molar-refractivity contribution in [2.45, 2.75) is 26.9 Å². The normalized spacial score (nSPS) is 12.6. The van der Waals surface area contributed by atoms with Crippen LogP contribution in [-0.4, -0.2) is 10.1 Å². The first-order valence-electron chi connectivity index (χ1n) is 4.30. The quantitative estimate of drug-likeness (QED) is 0.703. The van der Waals surface area contributed by atoms with Gasteiger partial charge in [0.1, 0.15) is 6.10 Å². The Bertz CT molecular complexity index is 331. The van der Waals surface area contributed by atoms with E-state index in [9.17, 15) is 5.11 Å². The van der Waals surface area contributed by atoms with E-state index < -0.39 is 6.10 Å².